The van der Waals surface area contributed by atoms with Crippen LogP contribution in [-0.2, 0) is 6.54 Å². The molecule has 1 fully saturated rings. The molecular weight excluding hydrogens is 318 g/mol. The van der Waals surface area contributed by atoms with Gasteiger partial charge in [0, 0.05) is 6.54 Å². The number of rotatable bonds is 8. The highest BCUT2D eigenvalue weighted by molar-refractivity contribution is 9.10. The Labute approximate surface area is 130 Å². The molecule has 1 N–H and O–H groups in total. The lowest BCUT2D eigenvalue weighted by molar-refractivity contribution is 0.291. The number of hydrogen-bond acceptors (Lipinski definition) is 3. The summed E-state index contributed by atoms with van der Waals surface area (Å²) in [6.07, 6.45) is 5.14. The Morgan fingerprint density at radius 2 is 2.15 bits per heavy atom. The summed E-state index contributed by atoms with van der Waals surface area (Å²) in [5.41, 5.74) is 1.22. The van der Waals surface area contributed by atoms with Crippen LogP contribution < -0.4 is 14.8 Å². The van der Waals surface area contributed by atoms with Gasteiger partial charge < -0.3 is 14.8 Å². The molecule has 1 aliphatic rings. The molecule has 0 aromatic heterocycles. The van der Waals surface area contributed by atoms with Crippen LogP contribution in [0.2, 0.25) is 0 Å². The Morgan fingerprint density at radius 3 is 2.75 bits per heavy atom. The first-order valence-electron chi connectivity index (χ1n) is 7.44. The van der Waals surface area contributed by atoms with Gasteiger partial charge in [-0.3, -0.25) is 0 Å². The fourth-order valence-electron chi connectivity index (χ4n) is 2.34. The second kappa shape index (κ2) is 7.89. The van der Waals surface area contributed by atoms with Crippen LogP contribution in [0.25, 0.3) is 0 Å². The Bertz CT molecular complexity index is 433. The van der Waals surface area contributed by atoms with E-state index in [0.29, 0.717) is 6.61 Å². The van der Waals surface area contributed by atoms with Crippen molar-refractivity contribution in [3.63, 3.8) is 0 Å². The molecule has 0 amide bonds. The quantitative estimate of drug-likeness (QED) is 0.770. The molecule has 1 saturated carbocycles. The molecule has 20 heavy (non-hydrogen) atoms. The summed E-state index contributed by atoms with van der Waals surface area (Å²) in [5, 5.41) is 3.53. The smallest absolute Gasteiger partial charge is 0.175 e. The first-order chi connectivity index (χ1) is 9.74. The predicted molar refractivity (Wildman–Crippen MR) is 85.5 cm³/mol. The second-order valence-electron chi connectivity index (χ2n) is 5.39. The molecule has 0 saturated heterocycles. The van der Waals surface area contributed by atoms with Crippen LogP contribution in [0.15, 0.2) is 16.6 Å². The van der Waals surface area contributed by atoms with Gasteiger partial charge in [0.2, 0.25) is 0 Å². The van der Waals surface area contributed by atoms with Crippen LogP contribution in [0, 0.1) is 5.92 Å². The molecular formula is C16H24BrNO2. The zero-order valence-electron chi connectivity index (χ0n) is 12.4. The molecule has 0 unspecified atom stereocenters. The Kier molecular flexibility index (Phi) is 6.17. The number of ether oxygens (including phenoxy) is 2. The number of methoxy groups -OCH3 is 1. The van der Waals surface area contributed by atoms with Gasteiger partial charge in [-0.2, -0.15) is 0 Å². The molecule has 0 aliphatic heterocycles. The molecule has 3 nitrogen and oxygen atoms in total. The van der Waals surface area contributed by atoms with Crippen molar-refractivity contribution in [2.75, 3.05) is 20.3 Å². The minimum atomic E-state index is 0.703. The maximum absolute atomic E-state index is 5.74. The van der Waals surface area contributed by atoms with E-state index in [-0.39, 0.29) is 0 Å². The topological polar surface area (TPSA) is 30.5 Å². The Balaban J connectivity index is 1.96. The van der Waals surface area contributed by atoms with Gasteiger partial charge in [0.1, 0.15) is 0 Å². The van der Waals surface area contributed by atoms with Gasteiger partial charge in [-0.25, -0.2) is 0 Å². The van der Waals surface area contributed by atoms with Gasteiger partial charge >= 0.3 is 0 Å². The lowest BCUT2D eigenvalue weighted by atomic mass is 9.85. The first-order valence-corrected chi connectivity index (χ1v) is 8.23. The molecule has 0 heterocycles. The standard InChI is InChI=1S/C16H24BrNO2/c1-3-7-20-16-14(17)8-13(9-15(16)19-2)11-18-10-12-5-4-6-12/h8-9,12,18H,3-7,10-11H2,1-2H3. The van der Waals surface area contributed by atoms with Gasteiger partial charge in [-0.15, -0.1) is 0 Å². The fraction of sp³-hybridized carbons (Fsp3) is 0.625. The highest BCUT2D eigenvalue weighted by Gasteiger charge is 2.17. The second-order valence-corrected chi connectivity index (χ2v) is 6.24. The summed E-state index contributed by atoms with van der Waals surface area (Å²) < 4.78 is 12.1. The Morgan fingerprint density at radius 1 is 1.35 bits per heavy atom. The average Bonchev–Trinajstić information content (AvgIpc) is 2.39. The lowest BCUT2D eigenvalue weighted by Gasteiger charge is -2.25. The minimum Gasteiger partial charge on any atom is -0.493 e. The van der Waals surface area contributed by atoms with Gasteiger partial charge in [-0.1, -0.05) is 13.3 Å². The molecule has 112 valence electrons. The molecule has 0 bridgehead atoms. The van der Waals surface area contributed by atoms with Gasteiger partial charge in [0.05, 0.1) is 18.2 Å². The van der Waals surface area contributed by atoms with E-state index in [2.05, 4.69) is 40.3 Å². The maximum atomic E-state index is 5.74. The maximum Gasteiger partial charge on any atom is 0.175 e. The third kappa shape index (κ3) is 4.13. The lowest BCUT2D eigenvalue weighted by Crippen LogP contribution is -2.26. The van der Waals surface area contributed by atoms with Gasteiger partial charge in [0.25, 0.3) is 0 Å². The summed E-state index contributed by atoms with van der Waals surface area (Å²) >= 11 is 3.58. The molecule has 0 atom stereocenters. The van der Waals surface area contributed by atoms with Gasteiger partial charge in [-0.05, 0) is 65.4 Å². The van der Waals surface area contributed by atoms with E-state index in [1.54, 1.807) is 7.11 Å². The van der Waals surface area contributed by atoms with E-state index in [1.807, 2.05) is 0 Å². The van der Waals surface area contributed by atoms with Crippen molar-refractivity contribution in [3.05, 3.63) is 22.2 Å². The molecule has 4 heteroatoms. The summed E-state index contributed by atoms with van der Waals surface area (Å²) in [5.74, 6) is 2.48. The zero-order valence-corrected chi connectivity index (χ0v) is 14.0. The summed E-state index contributed by atoms with van der Waals surface area (Å²) in [7, 11) is 1.69. The van der Waals surface area contributed by atoms with E-state index in [1.165, 1.54) is 24.8 Å². The van der Waals surface area contributed by atoms with Crippen LogP contribution in [0.4, 0.5) is 0 Å². The minimum absolute atomic E-state index is 0.703. The third-order valence-corrected chi connectivity index (χ3v) is 4.32. The number of benzene rings is 1. The van der Waals surface area contributed by atoms with E-state index in [0.717, 1.165) is 41.4 Å². The predicted octanol–water partition coefficient (Wildman–Crippen LogP) is 4.14. The normalized spacial score (nSPS) is 14.9. The highest BCUT2D eigenvalue weighted by Crippen LogP contribution is 2.36. The average molecular weight is 342 g/mol. The van der Waals surface area contributed by atoms with Crippen molar-refractivity contribution in [3.8, 4) is 11.5 Å². The van der Waals surface area contributed by atoms with E-state index in [4.69, 9.17) is 9.47 Å². The van der Waals surface area contributed by atoms with Crippen LogP contribution >= 0.6 is 15.9 Å². The van der Waals surface area contributed by atoms with E-state index < -0.39 is 0 Å². The molecule has 0 spiro atoms. The summed E-state index contributed by atoms with van der Waals surface area (Å²) in [6, 6.07) is 4.17. The van der Waals surface area contributed by atoms with Crippen LogP contribution in [0.5, 0.6) is 11.5 Å². The van der Waals surface area contributed by atoms with E-state index in [9.17, 15) is 0 Å². The highest BCUT2D eigenvalue weighted by atomic mass is 79.9. The van der Waals surface area contributed by atoms with Crippen molar-refractivity contribution in [2.24, 2.45) is 5.92 Å². The summed E-state index contributed by atoms with van der Waals surface area (Å²) in [4.78, 5) is 0. The van der Waals surface area contributed by atoms with Crippen molar-refractivity contribution < 1.29 is 9.47 Å². The SMILES string of the molecule is CCCOc1c(Br)cc(CNCC2CCC2)cc1OC. The number of hydrogen-bond donors (Lipinski definition) is 1. The van der Waals surface area contributed by atoms with E-state index >= 15 is 0 Å². The number of halogens is 1. The molecule has 1 aliphatic carbocycles. The molecule has 2 rings (SSSR count). The molecule has 1 aromatic rings. The monoisotopic (exact) mass is 341 g/mol. The van der Waals surface area contributed by atoms with Crippen molar-refractivity contribution in [1.82, 2.24) is 5.32 Å². The fourth-order valence-corrected chi connectivity index (χ4v) is 2.94. The molecule has 1 aromatic carbocycles. The summed E-state index contributed by atoms with van der Waals surface area (Å²) in [6.45, 7) is 4.79. The molecule has 0 radical (unpaired) electrons. The van der Waals surface area contributed by atoms with Crippen LogP contribution in [-0.4, -0.2) is 20.3 Å². The zero-order chi connectivity index (χ0) is 14.4. The van der Waals surface area contributed by atoms with Crippen molar-refractivity contribution >= 4 is 15.9 Å². The Hall–Kier alpha value is -0.740. The van der Waals surface area contributed by atoms with Crippen LogP contribution in [0.3, 0.4) is 0 Å². The third-order valence-electron chi connectivity index (χ3n) is 3.73. The van der Waals surface area contributed by atoms with Crippen LogP contribution in [0.1, 0.15) is 38.2 Å². The van der Waals surface area contributed by atoms with Crippen molar-refractivity contribution in [2.45, 2.75) is 39.2 Å². The first kappa shape index (κ1) is 15.6. The van der Waals surface area contributed by atoms with Gasteiger partial charge in [0.15, 0.2) is 11.5 Å². The largest absolute Gasteiger partial charge is 0.493 e. The van der Waals surface area contributed by atoms with Crippen molar-refractivity contribution in [1.29, 1.82) is 0 Å². The number of nitrogens with one attached hydrogen (secondary N) is 1.